The molecule has 5 aromatic rings. The molecule has 4 aromatic heterocycles. The molecule has 199 valence electrons. The summed E-state index contributed by atoms with van der Waals surface area (Å²) in [5, 5.41) is 9.06. The first kappa shape index (κ1) is 24.8. The van der Waals surface area contributed by atoms with Gasteiger partial charge in [-0.25, -0.2) is 24.0 Å². The number of fused-ring (bicyclic) bond motifs is 2. The van der Waals surface area contributed by atoms with Crippen molar-refractivity contribution in [3.05, 3.63) is 78.2 Å². The maximum absolute atomic E-state index is 13.3. The van der Waals surface area contributed by atoms with E-state index < -0.39 is 0 Å². The summed E-state index contributed by atoms with van der Waals surface area (Å²) >= 11 is 0. The lowest BCUT2D eigenvalue weighted by Gasteiger charge is -2.34. The summed E-state index contributed by atoms with van der Waals surface area (Å²) < 4.78 is 5.13. The molecule has 0 spiro atoms. The molecule has 1 saturated heterocycles. The number of aromatic nitrogens is 7. The van der Waals surface area contributed by atoms with E-state index in [0.717, 1.165) is 42.9 Å². The van der Waals surface area contributed by atoms with Crippen LogP contribution >= 0.6 is 0 Å². The van der Waals surface area contributed by atoms with Gasteiger partial charge in [-0.2, -0.15) is 10.1 Å². The Balaban J connectivity index is 1.36. The summed E-state index contributed by atoms with van der Waals surface area (Å²) in [5.41, 5.74) is 3.06. The molecule has 1 N–H and O–H groups in total. The van der Waals surface area contributed by atoms with Gasteiger partial charge in [0.25, 0.3) is 5.56 Å². The predicted octanol–water partition coefficient (Wildman–Crippen LogP) is 3.23. The van der Waals surface area contributed by atoms with Crippen LogP contribution in [0.4, 0.5) is 17.3 Å². The summed E-state index contributed by atoms with van der Waals surface area (Å²) in [7, 11) is 2.15. The van der Waals surface area contributed by atoms with Gasteiger partial charge < -0.3 is 15.1 Å². The molecule has 1 aromatic carbocycles. The van der Waals surface area contributed by atoms with Crippen LogP contribution in [-0.4, -0.2) is 72.2 Å². The van der Waals surface area contributed by atoms with E-state index in [4.69, 9.17) is 9.97 Å². The van der Waals surface area contributed by atoms with Crippen LogP contribution in [0.3, 0.4) is 0 Å². The Morgan fingerprint density at radius 3 is 2.51 bits per heavy atom. The molecule has 0 amide bonds. The first-order valence-electron chi connectivity index (χ1n) is 13.1. The van der Waals surface area contributed by atoms with Crippen molar-refractivity contribution in [2.24, 2.45) is 0 Å². The van der Waals surface area contributed by atoms with Crippen molar-refractivity contribution in [1.29, 1.82) is 0 Å². The van der Waals surface area contributed by atoms with E-state index in [1.807, 2.05) is 42.3 Å². The molecule has 1 radical (unpaired) electrons. The number of hydrogen-bond donors (Lipinski definition) is 1. The van der Waals surface area contributed by atoms with E-state index in [9.17, 15) is 4.79 Å². The van der Waals surface area contributed by atoms with Crippen molar-refractivity contribution in [3.63, 3.8) is 0 Å². The van der Waals surface area contributed by atoms with Gasteiger partial charge in [-0.15, -0.1) is 6.58 Å². The lowest BCUT2D eigenvalue weighted by Crippen LogP contribution is -2.44. The van der Waals surface area contributed by atoms with Crippen molar-refractivity contribution in [3.8, 4) is 5.82 Å². The van der Waals surface area contributed by atoms with Crippen LogP contribution in [0.1, 0.15) is 6.92 Å². The number of piperazine rings is 1. The standard InChI is InChI=1S/C28H31N10O/c1-4-12-36-25-20(18-30-36)6-11-24(32-25)38-26-23(27(39)37(38)13-5-2)19-29-28(33-26)31-21-7-9-22(10-8-21)35-16-14-34(3)15-17-35/h4-11,18-19H,2,12-17H2,1,3H3,(H,29,31,33). The van der Waals surface area contributed by atoms with Gasteiger partial charge in [0.05, 0.1) is 12.7 Å². The van der Waals surface area contributed by atoms with E-state index in [1.54, 1.807) is 27.8 Å². The van der Waals surface area contributed by atoms with E-state index in [2.05, 4.69) is 51.0 Å². The molecule has 0 saturated carbocycles. The number of nitrogens with one attached hydrogen (secondary N) is 1. The number of rotatable bonds is 8. The fourth-order valence-corrected chi connectivity index (χ4v) is 4.93. The molecule has 1 aliphatic rings. The zero-order valence-corrected chi connectivity index (χ0v) is 22.2. The maximum Gasteiger partial charge on any atom is 0.278 e. The van der Waals surface area contributed by atoms with Crippen molar-refractivity contribution in [1.82, 2.24) is 39.0 Å². The summed E-state index contributed by atoms with van der Waals surface area (Å²) in [6.45, 7) is 10.9. The Kier molecular flexibility index (Phi) is 6.57. The predicted molar refractivity (Wildman–Crippen MR) is 154 cm³/mol. The first-order chi connectivity index (χ1) is 19.1. The third-order valence-corrected chi connectivity index (χ3v) is 7.01. The normalized spacial score (nSPS) is 14.4. The molecule has 39 heavy (non-hydrogen) atoms. The van der Waals surface area contributed by atoms with Crippen molar-refractivity contribution in [2.75, 3.05) is 43.4 Å². The fourth-order valence-electron chi connectivity index (χ4n) is 4.93. The van der Waals surface area contributed by atoms with Crippen molar-refractivity contribution < 1.29 is 0 Å². The smallest absolute Gasteiger partial charge is 0.278 e. The minimum atomic E-state index is -0.203. The molecule has 0 aliphatic carbocycles. The molecule has 11 nitrogen and oxygen atoms in total. The lowest BCUT2D eigenvalue weighted by molar-refractivity contribution is 0.313. The Morgan fingerprint density at radius 1 is 0.974 bits per heavy atom. The molecule has 0 bridgehead atoms. The van der Waals surface area contributed by atoms with Crippen LogP contribution in [0.2, 0.25) is 0 Å². The van der Waals surface area contributed by atoms with E-state index in [-0.39, 0.29) is 5.56 Å². The number of anilines is 3. The largest absolute Gasteiger partial charge is 0.369 e. The zero-order chi connectivity index (χ0) is 26.9. The number of allylic oxidation sites excluding steroid dienone is 1. The molecule has 5 heterocycles. The average Bonchev–Trinajstić information content (AvgIpc) is 3.47. The van der Waals surface area contributed by atoms with Gasteiger partial charge in [0.15, 0.2) is 17.1 Å². The minimum Gasteiger partial charge on any atom is -0.369 e. The summed E-state index contributed by atoms with van der Waals surface area (Å²) in [6, 6.07) is 12.1. The topological polar surface area (TPSA) is 102 Å². The zero-order valence-electron chi connectivity index (χ0n) is 22.2. The molecule has 1 aliphatic heterocycles. The Bertz CT molecular complexity index is 1690. The number of benzene rings is 1. The second kappa shape index (κ2) is 10.3. The first-order valence-corrected chi connectivity index (χ1v) is 13.1. The second-order valence-corrected chi connectivity index (χ2v) is 9.70. The van der Waals surface area contributed by atoms with Crippen LogP contribution in [0.25, 0.3) is 27.9 Å². The second-order valence-electron chi connectivity index (χ2n) is 9.70. The van der Waals surface area contributed by atoms with E-state index in [1.165, 1.54) is 5.69 Å². The summed E-state index contributed by atoms with van der Waals surface area (Å²) in [5.74, 6) is 0.960. The van der Waals surface area contributed by atoms with Gasteiger partial charge >= 0.3 is 0 Å². The van der Waals surface area contributed by atoms with Gasteiger partial charge in [0, 0.05) is 55.7 Å². The van der Waals surface area contributed by atoms with Gasteiger partial charge in [0.2, 0.25) is 5.95 Å². The Hall–Kier alpha value is -4.51. The van der Waals surface area contributed by atoms with Crippen LogP contribution in [0, 0.1) is 6.42 Å². The number of likely N-dealkylation sites (N-methyl/N-ethyl adjacent to an activating group) is 1. The highest BCUT2D eigenvalue weighted by molar-refractivity contribution is 5.79. The summed E-state index contributed by atoms with van der Waals surface area (Å²) in [4.78, 5) is 32.1. The Morgan fingerprint density at radius 2 is 1.77 bits per heavy atom. The highest BCUT2D eigenvalue weighted by Crippen LogP contribution is 2.23. The molecule has 1 fully saturated rings. The highest BCUT2D eigenvalue weighted by atomic mass is 16.1. The van der Waals surface area contributed by atoms with Crippen LogP contribution in [-0.2, 0) is 13.1 Å². The van der Waals surface area contributed by atoms with Crippen LogP contribution < -0.4 is 15.8 Å². The van der Waals surface area contributed by atoms with Gasteiger partial charge in [-0.05, 0) is 49.9 Å². The third-order valence-electron chi connectivity index (χ3n) is 7.01. The molecule has 6 rings (SSSR count). The monoisotopic (exact) mass is 523 g/mol. The van der Waals surface area contributed by atoms with Crippen LogP contribution in [0.15, 0.2) is 66.2 Å². The molecule has 0 atom stereocenters. The lowest BCUT2D eigenvalue weighted by atomic mass is 10.2. The third kappa shape index (κ3) is 4.65. The van der Waals surface area contributed by atoms with Crippen molar-refractivity contribution >= 4 is 39.4 Å². The molecule has 0 unspecified atom stereocenters. The SMILES string of the molecule is C=CCn1c(=O)c2cnc(Nc3ccc(N4CCN(C)CC4)cc3)nc2n1-c1ccc2cnn(C[CH]C)c2n1. The molecule has 11 heteroatoms. The Labute approximate surface area is 226 Å². The fraction of sp³-hybridized carbons (Fsp3) is 0.286. The molecular weight excluding hydrogens is 492 g/mol. The van der Waals surface area contributed by atoms with Gasteiger partial charge in [-0.1, -0.05) is 13.0 Å². The average molecular weight is 524 g/mol. The van der Waals surface area contributed by atoms with E-state index in [0.29, 0.717) is 35.9 Å². The van der Waals surface area contributed by atoms with Gasteiger partial charge in [0.1, 0.15) is 5.39 Å². The highest BCUT2D eigenvalue weighted by Gasteiger charge is 2.19. The number of nitrogens with zero attached hydrogens (tertiary/aromatic N) is 9. The van der Waals surface area contributed by atoms with E-state index >= 15 is 0 Å². The van der Waals surface area contributed by atoms with Gasteiger partial charge in [-0.3, -0.25) is 4.79 Å². The number of hydrogen-bond acceptors (Lipinski definition) is 8. The minimum absolute atomic E-state index is 0.203. The maximum atomic E-state index is 13.3. The molecular formula is C28H31N10O. The van der Waals surface area contributed by atoms with Crippen LogP contribution in [0.5, 0.6) is 0 Å². The quantitative estimate of drug-likeness (QED) is 0.310. The van der Waals surface area contributed by atoms with Crippen molar-refractivity contribution in [2.45, 2.75) is 20.0 Å². The number of pyridine rings is 1. The summed E-state index contributed by atoms with van der Waals surface area (Å²) in [6.07, 6.45) is 7.05.